The number of nitrogens with one attached hydrogen (secondary N) is 1. The summed E-state index contributed by atoms with van der Waals surface area (Å²) < 4.78 is 4.66. The Morgan fingerprint density at radius 3 is 2.54 bits per heavy atom. The third-order valence-electron chi connectivity index (χ3n) is 3.41. The van der Waals surface area contributed by atoms with Crippen LogP contribution in [0.1, 0.15) is 15.9 Å². The molecule has 2 aromatic carbocycles. The Labute approximate surface area is 164 Å². The molecule has 5 nitrogen and oxygen atoms in total. The van der Waals surface area contributed by atoms with Gasteiger partial charge in [0, 0.05) is 0 Å². The third kappa shape index (κ3) is 4.27. The molecule has 1 aliphatic rings. The van der Waals surface area contributed by atoms with Crippen LogP contribution in [0.4, 0.5) is 5.69 Å². The lowest BCUT2D eigenvalue weighted by Gasteiger charge is -2.00. The molecule has 1 saturated heterocycles. The van der Waals surface area contributed by atoms with Gasteiger partial charge in [-0.15, -0.1) is 0 Å². The van der Waals surface area contributed by atoms with Gasteiger partial charge in [-0.1, -0.05) is 35.3 Å². The molecule has 0 spiro atoms. The molecule has 26 heavy (non-hydrogen) atoms. The summed E-state index contributed by atoms with van der Waals surface area (Å²) in [4.78, 5) is 28.4. The Hall–Kier alpha value is -2.28. The van der Waals surface area contributed by atoms with Crippen molar-refractivity contribution in [1.29, 1.82) is 0 Å². The largest absolute Gasteiger partial charge is 0.465 e. The normalized spacial score (nSPS) is 16.8. The van der Waals surface area contributed by atoms with Crippen LogP contribution in [0.15, 0.2) is 52.4 Å². The number of halogens is 2. The first-order valence-corrected chi connectivity index (χ1v) is 8.96. The van der Waals surface area contributed by atoms with E-state index in [-0.39, 0.29) is 5.91 Å². The zero-order chi connectivity index (χ0) is 18.7. The van der Waals surface area contributed by atoms with Crippen LogP contribution in [0.5, 0.6) is 0 Å². The molecule has 1 aliphatic heterocycles. The van der Waals surface area contributed by atoms with E-state index in [9.17, 15) is 9.59 Å². The van der Waals surface area contributed by atoms with E-state index in [1.165, 1.54) is 18.9 Å². The van der Waals surface area contributed by atoms with Gasteiger partial charge in [0.15, 0.2) is 5.17 Å². The summed E-state index contributed by atoms with van der Waals surface area (Å²) in [7, 11) is 1.33. The minimum Gasteiger partial charge on any atom is -0.465 e. The van der Waals surface area contributed by atoms with Crippen molar-refractivity contribution in [2.75, 3.05) is 7.11 Å². The topological polar surface area (TPSA) is 67.8 Å². The van der Waals surface area contributed by atoms with E-state index in [1.807, 2.05) is 0 Å². The number of benzene rings is 2. The van der Waals surface area contributed by atoms with E-state index in [2.05, 4.69) is 15.0 Å². The van der Waals surface area contributed by atoms with Gasteiger partial charge in [0.25, 0.3) is 5.91 Å². The van der Waals surface area contributed by atoms with E-state index in [0.29, 0.717) is 31.4 Å². The molecule has 1 N–H and O–H groups in total. The predicted molar refractivity (Wildman–Crippen MR) is 105 cm³/mol. The monoisotopic (exact) mass is 406 g/mol. The quantitative estimate of drug-likeness (QED) is 0.593. The second-order valence-electron chi connectivity index (χ2n) is 5.19. The molecule has 0 saturated carbocycles. The van der Waals surface area contributed by atoms with E-state index in [1.54, 1.807) is 48.5 Å². The standard InChI is InChI=1S/C18H12Cl2N2O3S/c1-25-17(24)11-4-2-10(3-5-11)8-15-16(23)22-18(26-15)21-12-6-7-13(19)14(20)9-12/h2-9H,1H3,(H,21,22,23)/b15-8-. The predicted octanol–water partition coefficient (Wildman–Crippen LogP) is 4.67. The molecule has 0 aromatic heterocycles. The molecule has 0 unspecified atom stereocenters. The van der Waals surface area contributed by atoms with Crippen LogP contribution in [-0.2, 0) is 9.53 Å². The number of methoxy groups -OCH3 is 1. The molecule has 0 bridgehead atoms. The molecule has 3 rings (SSSR count). The van der Waals surface area contributed by atoms with Crippen molar-refractivity contribution in [3.8, 4) is 0 Å². The molecule has 132 valence electrons. The van der Waals surface area contributed by atoms with Crippen molar-refractivity contribution in [3.63, 3.8) is 0 Å². The maximum absolute atomic E-state index is 12.1. The molecule has 0 radical (unpaired) electrons. The van der Waals surface area contributed by atoms with Crippen molar-refractivity contribution in [2.24, 2.45) is 4.99 Å². The van der Waals surface area contributed by atoms with Gasteiger partial charge in [0.2, 0.25) is 0 Å². The van der Waals surface area contributed by atoms with Gasteiger partial charge >= 0.3 is 5.97 Å². The van der Waals surface area contributed by atoms with Gasteiger partial charge in [0.1, 0.15) is 0 Å². The number of amides is 1. The van der Waals surface area contributed by atoms with Gasteiger partial charge < -0.3 is 10.1 Å². The number of esters is 1. The van der Waals surface area contributed by atoms with Crippen LogP contribution in [0.3, 0.4) is 0 Å². The second-order valence-corrected chi connectivity index (χ2v) is 7.04. The summed E-state index contributed by atoms with van der Waals surface area (Å²) in [6.45, 7) is 0. The molecule has 8 heteroatoms. The van der Waals surface area contributed by atoms with Crippen molar-refractivity contribution in [3.05, 3.63) is 68.5 Å². The first kappa shape index (κ1) is 18.5. The molecule has 0 atom stereocenters. The van der Waals surface area contributed by atoms with E-state index in [0.717, 1.165) is 5.56 Å². The summed E-state index contributed by atoms with van der Waals surface area (Å²) in [5.74, 6) is -0.654. The smallest absolute Gasteiger partial charge is 0.337 e. The summed E-state index contributed by atoms with van der Waals surface area (Å²) in [6, 6.07) is 11.7. The van der Waals surface area contributed by atoms with Crippen molar-refractivity contribution >= 4 is 63.8 Å². The zero-order valence-corrected chi connectivity index (χ0v) is 15.8. The van der Waals surface area contributed by atoms with Gasteiger partial charge in [0.05, 0.1) is 33.3 Å². The van der Waals surface area contributed by atoms with Crippen LogP contribution in [0, 0.1) is 0 Å². The number of nitrogens with zero attached hydrogens (tertiary/aromatic N) is 1. The summed E-state index contributed by atoms with van der Waals surface area (Å²) in [6.07, 6.45) is 1.72. The highest BCUT2D eigenvalue weighted by molar-refractivity contribution is 8.18. The average molecular weight is 407 g/mol. The molecular formula is C18H12Cl2N2O3S. The number of carbonyl (C=O) groups excluding carboxylic acids is 2. The Kier molecular flexibility index (Phi) is 5.66. The maximum atomic E-state index is 12.1. The molecular weight excluding hydrogens is 395 g/mol. The molecule has 0 aliphatic carbocycles. The second kappa shape index (κ2) is 7.95. The van der Waals surface area contributed by atoms with Crippen molar-refractivity contribution in [2.45, 2.75) is 0 Å². The average Bonchev–Trinajstić information content (AvgIpc) is 2.97. The minimum absolute atomic E-state index is 0.245. The molecule has 1 amide bonds. The van der Waals surface area contributed by atoms with Gasteiger partial charge in [-0.05, 0) is 53.7 Å². The van der Waals surface area contributed by atoms with E-state index >= 15 is 0 Å². The number of hydrogen-bond donors (Lipinski definition) is 1. The number of ether oxygens (including phenoxy) is 1. The lowest BCUT2D eigenvalue weighted by atomic mass is 10.1. The molecule has 2 aromatic rings. The van der Waals surface area contributed by atoms with E-state index < -0.39 is 5.97 Å². The highest BCUT2D eigenvalue weighted by Gasteiger charge is 2.23. The van der Waals surface area contributed by atoms with Crippen LogP contribution in [0.25, 0.3) is 6.08 Å². The fourth-order valence-electron chi connectivity index (χ4n) is 2.14. The fraction of sp³-hybridized carbons (Fsp3) is 0.0556. The third-order valence-corrected chi connectivity index (χ3v) is 5.06. The first-order valence-electron chi connectivity index (χ1n) is 7.39. The summed E-state index contributed by atoms with van der Waals surface area (Å²) >= 11 is 13.1. The minimum atomic E-state index is -0.409. The number of thioether (sulfide) groups is 1. The van der Waals surface area contributed by atoms with Crippen LogP contribution in [0.2, 0.25) is 10.0 Å². The lowest BCUT2D eigenvalue weighted by Crippen LogP contribution is -2.19. The highest BCUT2D eigenvalue weighted by atomic mass is 35.5. The van der Waals surface area contributed by atoms with Crippen molar-refractivity contribution in [1.82, 2.24) is 5.32 Å². The Balaban J connectivity index is 1.78. The fourth-order valence-corrected chi connectivity index (χ4v) is 3.27. The number of rotatable bonds is 3. The number of aliphatic imine (C=N–C) groups is 1. The lowest BCUT2D eigenvalue weighted by molar-refractivity contribution is -0.115. The molecule has 1 heterocycles. The Morgan fingerprint density at radius 2 is 1.88 bits per heavy atom. The Bertz CT molecular complexity index is 940. The zero-order valence-electron chi connectivity index (χ0n) is 13.5. The highest BCUT2D eigenvalue weighted by Crippen LogP contribution is 2.30. The Morgan fingerprint density at radius 1 is 1.15 bits per heavy atom. The van der Waals surface area contributed by atoms with E-state index in [4.69, 9.17) is 23.2 Å². The van der Waals surface area contributed by atoms with Crippen LogP contribution in [-0.4, -0.2) is 24.2 Å². The summed E-state index contributed by atoms with van der Waals surface area (Å²) in [5, 5.41) is 3.98. The van der Waals surface area contributed by atoms with Crippen LogP contribution >= 0.6 is 35.0 Å². The van der Waals surface area contributed by atoms with Crippen molar-refractivity contribution < 1.29 is 14.3 Å². The number of carbonyl (C=O) groups is 2. The SMILES string of the molecule is COC(=O)c1ccc(/C=C2\SC(=Nc3ccc(Cl)c(Cl)c3)NC2=O)cc1. The first-order chi connectivity index (χ1) is 12.5. The van der Waals surface area contributed by atoms with Gasteiger partial charge in [-0.25, -0.2) is 9.79 Å². The van der Waals surface area contributed by atoms with Crippen LogP contribution < -0.4 is 5.32 Å². The van der Waals surface area contributed by atoms with Gasteiger partial charge in [-0.2, -0.15) is 0 Å². The maximum Gasteiger partial charge on any atom is 0.337 e. The molecule has 1 fully saturated rings. The number of hydrogen-bond acceptors (Lipinski definition) is 5. The number of amidine groups is 1. The van der Waals surface area contributed by atoms with Gasteiger partial charge in [-0.3, -0.25) is 4.79 Å². The summed E-state index contributed by atoms with van der Waals surface area (Å²) in [5.41, 5.74) is 1.82.